The summed E-state index contributed by atoms with van der Waals surface area (Å²) in [5.74, 6) is 0.970. The second kappa shape index (κ2) is 8.93. The molecule has 0 bridgehead atoms. The maximum atomic E-state index is 3.61. The van der Waals surface area contributed by atoms with Crippen molar-refractivity contribution in [3.05, 3.63) is 0 Å². The molecule has 1 atom stereocenters. The number of nitrogens with zero attached hydrogens (tertiary/aromatic N) is 1. The molecule has 1 fully saturated rings. The lowest BCUT2D eigenvalue weighted by molar-refractivity contribution is 0.212. The Bertz CT molecular complexity index is 170. The van der Waals surface area contributed by atoms with E-state index in [2.05, 4.69) is 31.1 Å². The van der Waals surface area contributed by atoms with Gasteiger partial charge in [-0.2, -0.15) is 0 Å². The molecule has 102 valence electrons. The van der Waals surface area contributed by atoms with Crippen LogP contribution >= 0.6 is 0 Å². The van der Waals surface area contributed by atoms with E-state index >= 15 is 0 Å². The van der Waals surface area contributed by atoms with Crippen LogP contribution in [0.4, 0.5) is 0 Å². The number of likely N-dealkylation sites (N-methyl/N-ethyl adjacent to an activating group) is 2. The molecular formula is C15H32N2. The predicted octanol–water partition coefficient (Wildman–Crippen LogP) is 3.28. The normalized spacial score (nSPS) is 19.8. The van der Waals surface area contributed by atoms with Gasteiger partial charge in [-0.05, 0) is 38.8 Å². The lowest BCUT2D eigenvalue weighted by Crippen LogP contribution is -2.41. The van der Waals surface area contributed by atoms with Gasteiger partial charge in [-0.1, -0.05) is 39.5 Å². The van der Waals surface area contributed by atoms with Gasteiger partial charge in [0.25, 0.3) is 0 Å². The summed E-state index contributed by atoms with van der Waals surface area (Å²) in [5.41, 5.74) is 0. The SMILES string of the molecule is CCCC(CN(C)CC1CCCCC1)NCC. The van der Waals surface area contributed by atoms with Crippen molar-refractivity contribution in [2.24, 2.45) is 5.92 Å². The summed E-state index contributed by atoms with van der Waals surface area (Å²) in [5, 5.41) is 3.61. The van der Waals surface area contributed by atoms with E-state index in [-0.39, 0.29) is 0 Å². The van der Waals surface area contributed by atoms with E-state index in [1.54, 1.807) is 0 Å². The third kappa shape index (κ3) is 6.42. The van der Waals surface area contributed by atoms with Crippen LogP contribution in [0.2, 0.25) is 0 Å². The van der Waals surface area contributed by atoms with Crippen LogP contribution in [-0.4, -0.2) is 37.6 Å². The molecule has 0 saturated heterocycles. The maximum absolute atomic E-state index is 3.61. The zero-order valence-electron chi connectivity index (χ0n) is 12.2. The van der Waals surface area contributed by atoms with Crippen molar-refractivity contribution < 1.29 is 0 Å². The van der Waals surface area contributed by atoms with E-state index in [1.807, 2.05) is 0 Å². The van der Waals surface area contributed by atoms with E-state index in [4.69, 9.17) is 0 Å². The fourth-order valence-corrected chi connectivity index (χ4v) is 3.16. The Hall–Kier alpha value is -0.0800. The van der Waals surface area contributed by atoms with E-state index in [0.717, 1.165) is 12.5 Å². The number of nitrogens with one attached hydrogen (secondary N) is 1. The van der Waals surface area contributed by atoms with Crippen LogP contribution < -0.4 is 5.32 Å². The van der Waals surface area contributed by atoms with Crippen LogP contribution in [0.3, 0.4) is 0 Å². The molecule has 2 heteroatoms. The first kappa shape index (κ1) is 15.0. The van der Waals surface area contributed by atoms with Crippen LogP contribution in [0.5, 0.6) is 0 Å². The summed E-state index contributed by atoms with van der Waals surface area (Å²) in [6, 6.07) is 0.693. The van der Waals surface area contributed by atoms with E-state index in [1.165, 1.54) is 58.0 Å². The van der Waals surface area contributed by atoms with E-state index in [0.29, 0.717) is 6.04 Å². The molecule has 17 heavy (non-hydrogen) atoms. The highest BCUT2D eigenvalue weighted by Gasteiger charge is 2.17. The molecule has 0 aliphatic heterocycles. The highest BCUT2D eigenvalue weighted by molar-refractivity contribution is 4.73. The zero-order chi connectivity index (χ0) is 12.5. The molecule has 1 saturated carbocycles. The first-order chi connectivity index (χ1) is 8.26. The fourth-order valence-electron chi connectivity index (χ4n) is 3.16. The van der Waals surface area contributed by atoms with Crippen molar-refractivity contribution in [3.8, 4) is 0 Å². The van der Waals surface area contributed by atoms with Crippen LogP contribution in [0.15, 0.2) is 0 Å². The molecule has 1 rings (SSSR count). The molecule has 0 radical (unpaired) electrons. The molecule has 1 aliphatic carbocycles. The molecule has 1 aliphatic rings. The van der Waals surface area contributed by atoms with Gasteiger partial charge in [0, 0.05) is 19.1 Å². The van der Waals surface area contributed by atoms with Crippen molar-refractivity contribution in [1.82, 2.24) is 10.2 Å². The standard InChI is InChI=1S/C15H32N2/c1-4-9-15(16-5-2)13-17(3)12-14-10-7-6-8-11-14/h14-16H,4-13H2,1-3H3. The zero-order valence-corrected chi connectivity index (χ0v) is 12.2. The second-order valence-electron chi connectivity index (χ2n) is 5.77. The highest BCUT2D eigenvalue weighted by atomic mass is 15.1. The maximum Gasteiger partial charge on any atom is 0.0194 e. The summed E-state index contributed by atoms with van der Waals surface area (Å²) in [6.45, 7) is 8.13. The van der Waals surface area contributed by atoms with Gasteiger partial charge in [0.2, 0.25) is 0 Å². The lowest BCUT2D eigenvalue weighted by atomic mass is 9.89. The molecule has 0 aromatic heterocycles. The van der Waals surface area contributed by atoms with Crippen molar-refractivity contribution in [3.63, 3.8) is 0 Å². The van der Waals surface area contributed by atoms with Gasteiger partial charge in [0.15, 0.2) is 0 Å². The van der Waals surface area contributed by atoms with Gasteiger partial charge in [-0.15, -0.1) is 0 Å². The van der Waals surface area contributed by atoms with Gasteiger partial charge >= 0.3 is 0 Å². The van der Waals surface area contributed by atoms with Crippen molar-refractivity contribution in [1.29, 1.82) is 0 Å². The summed E-state index contributed by atoms with van der Waals surface area (Å²) in [4.78, 5) is 2.55. The molecule has 1 unspecified atom stereocenters. The minimum Gasteiger partial charge on any atom is -0.313 e. The molecule has 1 N–H and O–H groups in total. The predicted molar refractivity (Wildman–Crippen MR) is 76.4 cm³/mol. The topological polar surface area (TPSA) is 15.3 Å². The summed E-state index contributed by atoms with van der Waals surface area (Å²) >= 11 is 0. The van der Waals surface area contributed by atoms with Crippen LogP contribution in [-0.2, 0) is 0 Å². The van der Waals surface area contributed by atoms with Crippen molar-refractivity contribution >= 4 is 0 Å². The Morgan fingerprint density at radius 1 is 1.18 bits per heavy atom. The van der Waals surface area contributed by atoms with Gasteiger partial charge in [0.05, 0.1) is 0 Å². The second-order valence-corrected chi connectivity index (χ2v) is 5.77. The third-order valence-electron chi connectivity index (χ3n) is 3.96. The first-order valence-corrected chi connectivity index (χ1v) is 7.68. The average Bonchev–Trinajstić information content (AvgIpc) is 2.30. The smallest absolute Gasteiger partial charge is 0.0194 e. The quantitative estimate of drug-likeness (QED) is 0.700. The molecule has 0 heterocycles. The van der Waals surface area contributed by atoms with Crippen LogP contribution in [0.25, 0.3) is 0 Å². The third-order valence-corrected chi connectivity index (χ3v) is 3.96. The van der Waals surface area contributed by atoms with Crippen LogP contribution in [0, 0.1) is 5.92 Å². The fraction of sp³-hybridized carbons (Fsp3) is 1.00. The number of hydrogen-bond donors (Lipinski definition) is 1. The summed E-state index contributed by atoms with van der Waals surface area (Å²) in [6.07, 6.45) is 9.91. The monoisotopic (exact) mass is 240 g/mol. The van der Waals surface area contributed by atoms with Gasteiger partial charge < -0.3 is 10.2 Å². The Morgan fingerprint density at radius 2 is 1.88 bits per heavy atom. The number of rotatable bonds is 8. The molecular weight excluding hydrogens is 208 g/mol. The molecule has 0 spiro atoms. The molecule has 0 aromatic rings. The van der Waals surface area contributed by atoms with Gasteiger partial charge in [0.1, 0.15) is 0 Å². The molecule has 2 nitrogen and oxygen atoms in total. The van der Waals surface area contributed by atoms with E-state index < -0.39 is 0 Å². The lowest BCUT2D eigenvalue weighted by Gasteiger charge is -2.30. The van der Waals surface area contributed by atoms with Gasteiger partial charge in [-0.25, -0.2) is 0 Å². The Kier molecular flexibility index (Phi) is 7.87. The minimum atomic E-state index is 0.693. The largest absolute Gasteiger partial charge is 0.313 e. The Labute approximate surface area is 108 Å². The highest BCUT2D eigenvalue weighted by Crippen LogP contribution is 2.24. The Morgan fingerprint density at radius 3 is 2.47 bits per heavy atom. The summed E-state index contributed by atoms with van der Waals surface area (Å²) < 4.78 is 0. The van der Waals surface area contributed by atoms with Crippen LogP contribution in [0.1, 0.15) is 58.8 Å². The van der Waals surface area contributed by atoms with Gasteiger partial charge in [-0.3, -0.25) is 0 Å². The average molecular weight is 240 g/mol. The molecule has 0 aromatic carbocycles. The van der Waals surface area contributed by atoms with E-state index in [9.17, 15) is 0 Å². The van der Waals surface area contributed by atoms with Crippen molar-refractivity contribution in [2.75, 3.05) is 26.7 Å². The molecule has 0 amide bonds. The Balaban J connectivity index is 2.22. The van der Waals surface area contributed by atoms with Crippen molar-refractivity contribution in [2.45, 2.75) is 64.8 Å². The number of hydrogen-bond acceptors (Lipinski definition) is 2. The minimum absolute atomic E-state index is 0.693. The first-order valence-electron chi connectivity index (χ1n) is 7.68. The summed E-state index contributed by atoms with van der Waals surface area (Å²) in [7, 11) is 2.30.